The first-order valence-corrected chi connectivity index (χ1v) is 12.7. The van der Waals surface area contributed by atoms with Crippen LogP contribution < -0.4 is 10.6 Å². The summed E-state index contributed by atoms with van der Waals surface area (Å²) in [6, 6.07) is 19.8. The largest absolute Gasteiger partial charge is 0.354 e. The molecular formula is C31H27BrN2. The highest BCUT2D eigenvalue weighted by Gasteiger charge is 2.16. The van der Waals surface area contributed by atoms with Crippen LogP contribution in [0.2, 0.25) is 0 Å². The zero-order valence-corrected chi connectivity index (χ0v) is 21.5. The number of hydrogen-bond donors (Lipinski definition) is 2. The Bertz CT molecular complexity index is 1810. The van der Waals surface area contributed by atoms with Crippen molar-refractivity contribution in [1.29, 1.82) is 0 Å². The van der Waals surface area contributed by atoms with Crippen molar-refractivity contribution in [2.24, 2.45) is 0 Å². The molecule has 3 heteroatoms. The lowest BCUT2D eigenvalue weighted by Gasteiger charge is -2.10. The second kappa shape index (κ2) is 7.89. The summed E-state index contributed by atoms with van der Waals surface area (Å²) in [5, 5.41) is 7.49. The molecule has 2 aromatic heterocycles. The normalized spacial score (nSPS) is 12.8. The number of hydrogen-bond acceptors (Lipinski definition) is 0. The van der Waals surface area contributed by atoms with Gasteiger partial charge in [-0.15, -0.1) is 0 Å². The van der Waals surface area contributed by atoms with Crippen molar-refractivity contribution >= 4 is 38.9 Å². The van der Waals surface area contributed by atoms with Crippen LogP contribution in [-0.4, -0.2) is 9.97 Å². The Labute approximate surface area is 207 Å². The van der Waals surface area contributed by atoms with E-state index in [2.05, 4.69) is 120 Å². The second-order valence-corrected chi connectivity index (χ2v) is 10.3. The van der Waals surface area contributed by atoms with Gasteiger partial charge in [0.1, 0.15) is 0 Å². The van der Waals surface area contributed by atoms with Crippen molar-refractivity contribution in [2.45, 2.75) is 34.1 Å². The van der Waals surface area contributed by atoms with Crippen molar-refractivity contribution in [1.82, 2.24) is 9.97 Å². The summed E-state index contributed by atoms with van der Waals surface area (Å²) in [5.74, 6) is 0. The molecule has 2 nitrogen and oxygen atoms in total. The lowest BCUT2D eigenvalue weighted by atomic mass is 9.95. The number of aryl methyl sites for hydroxylation is 3. The van der Waals surface area contributed by atoms with Gasteiger partial charge in [0, 0.05) is 42.6 Å². The Morgan fingerprint density at radius 2 is 1.65 bits per heavy atom. The molecule has 0 amide bonds. The maximum atomic E-state index is 3.81. The van der Waals surface area contributed by atoms with Crippen LogP contribution in [0.15, 0.2) is 59.1 Å². The first kappa shape index (κ1) is 21.2. The average molecular weight is 507 g/mol. The molecule has 0 unspecified atom stereocenters. The molecule has 2 heterocycles. The number of benzene rings is 3. The quantitative estimate of drug-likeness (QED) is 0.268. The van der Waals surface area contributed by atoms with Crippen LogP contribution in [0.5, 0.6) is 0 Å². The third-order valence-electron chi connectivity index (χ3n) is 7.08. The molecule has 0 saturated heterocycles. The highest BCUT2D eigenvalue weighted by molar-refractivity contribution is 9.10. The van der Waals surface area contributed by atoms with Gasteiger partial charge in [-0.25, -0.2) is 0 Å². The fourth-order valence-electron chi connectivity index (χ4n) is 5.71. The topological polar surface area (TPSA) is 31.6 Å². The summed E-state index contributed by atoms with van der Waals surface area (Å²) in [5.41, 5.74) is 10.2. The summed E-state index contributed by atoms with van der Waals surface area (Å²) >= 11 is 3.70. The summed E-state index contributed by atoms with van der Waals surface area (Å²) < 4.78 is 1.09. The van der Waals surface area contributed by atoms with E-state index in [1.165, 1.54) is 71.0 Å². The van der Waals surface area contributed by atoms with E-state index in [-0.39, 0.29) is 0 Å². The van der Waals surface area contributed by atoms with E-state index in [4.69, 9.17) is 0 Å². The molecule has 0 radical (unpaired) electrons. The minimum atomic E-state index is 0.980. The fourth-order valence-corrected chi connectivity index (χ4v) is 6.07. The summed E-state index contributed by atoms with van der Waals surface area (Å²) in [4.78, 5) is 7.57. The van der Waals surface area contributed by atoms with E-state index in [9.17, 15) is 0 Å². The van der Waals surface area contributed by atoms with E-state index >= 15 is 0 Å². The number of aromatic nitrogens is 2. The molecule has 34 heavy (non-hydrogen) atoms. The highest BCUT2D eigenvalue weighted by atomic mass is 79.9. The molecule has 2 N–H and O–H groups in total. The molecule has 0 spiro atoms. The van der Waals surface area contributed by atoms with Gasteiger partial charge < -0.3 is 9.97 Å². The van der Waals surface area contributed by atoms with Crippen LogP contribution in [0.4, 0.5) is 0 Å². The van der Waals surface area contributed by atoms with Gasteiger partial charge in [0.05, 0.1) is 11.0 Å². The van der Waals surface area contributed by atoms with Crippen molar-refractivity contribution < 1.29 is 0 Å². The molecule has 0 bridgehead atoms. The number of aromatic amines is 2. The highest BCUT2D eigenvalue weighted by Crippen LogP contribution is 2.36. The van der Waals surface area contributed by atoms with Gasteiger partial charge in [-0.1, -0.05) is 70.9 Å². The maximum Gasteiger partial charge on any atom is 0.0543 e. The van der Waals surface area contributed by atoms with Gasteiger partial charge in [0.15, 0.2) is 0 Å². The first-order chi connectivity index (χ1) is 16.4. The number of fused-ring (bicyclic) bond motifs is 3. The standard InChI is InChI=1S/C31H27BrN2/c1-5-22-26-14-20-8-6-7-9-23(20)30(26)33-27(22)16-28-25-15-21(32)10-11-24(25)31(34-28)29-18(3)12-17(2)13-19(29)4/h6-16,33-34H,5H2,1-4H3. The molecule has 3 aromatic carbocycles. The Morgan fingerprint density at radius 3 is 2.41 bits per heavy atom. The zero-order valence-electron chi connectivity index (χ0n) is 19.9. The monoisotopic (exact) mass is 506 g/mol. The fraction of sp³-hybridized carbons (Fsp3) is 0.161. The molecule has 0 saturated carbocycles. The molecule has 0 fully saturated rings. The van der Waals surface area contributed by atoms with Gasteiger partial charge in [-0.05, 0) is 73.4 Å². The Balaban J connectivity index is 1.66. The van der Waals surface area contributed by atoms with E-state index in [1.807, 2.05) is 0 Å². The minimum Gasteiger partial charge on any atom is -0.354 e. The van der Waals surface area contributed by atoms with Crippen LogP contribution in [-0.2, 0) is 6.42 Å². The first-order valence-electron chi connectivity index (χ1n) is 11.9. The van der Waals surface area contributed by atoms with E-state index in [1.54, 1.807) is 0 Å². The predicted octanol–water partition coefficient (Wildman–Crippen LogP) is 6.67. The van der Waals surface area contributed by atoms with Crippen molar-refractivity contribution in [2.75, 3.05) is 0 Å². The molecule has 1 aliphatic rings. The number of rotatable bonds is 3. The summed E-state index contributed by atoms with van der Waals surface area (Å²) in [6.07, 6.45) is 5.60. The lowest BCUT2D eigenvalue weighted by Crippen LogP contribution is -2.10. The maximum absolute atomic E-state index is 3.81. The Hall–Kier alpha value is -3.30. The van der Waals surface area contributed by atoms with Gasteiger partial charge in [-0.3, -0.25) is 0 Å². The van der Waals surface area contributed by atoms with E-state index in [0.29, 0.717) is 0 Å². The lowest BCUT2D eigenvalue weighted by molar-refractivity contribution is 1.11. The smallest absolute Gasteiger partial charge is 0.0543 e. The van der Waals surface area contributed by atoms with Crippen molar-refractivity contribution in [3.8, 4) is 11.3 Å². The van der Waals surface area contributed by atoms with E-state index < -0.39 is 0 Å². The zero-order chi connectivity index (χ0) is 23.6. The van der Waals surface area contributed by atoms with Crippen LogP contribution in [0, 0.1) is 31.3 Å². The summed E-state index contributed by atoms with van der Waals surface area (Å²) in [7, 11) is 0. The Morgan fingerprint density at radius 1 is 0.882 bits per heavy atom. The SMILES string of the molecule is CCc1c2c([nH]c1=Cc1[nH]c(-c3c(C)cc(C)cc3C)c3ccc(Br)cc13)=c1ccccc1=C2. The van der Waals surface area contributed by atoms with Crippen LogP contribution >= 0.6 is 15.9 Å². The second-order valence-electron chi connectivity index (χ2n) is 9.41. The van der Waals surface area contributed by atoms with Gasteiger partial charge in [0.2, 0.25) is 0 Å². The molecule has 1 aliphatic carbocycles. The molecular weight excluding hydrogens is 480 g/mol. The molecule has 0 aliphatic heterocycles. The van der Waals surface area contributed by atoms with Crippen molar-refractivity contribution in [3.63, 3.8) is 0 Å². The van der Waals surface area contributed by atoms with Gasteiger partial charge in [0.25, 0.3) is 0 Å². The molecule has 0 atom stereocenters. The van der Waals surface area contributed by atoms with Crippen LogP contribution in [0.25, 0.3) is 34.2 Å². The summed E-state index contributed by atoms with van der Waals surface area (Å²) in [6.45, 7) is 8.83. The van der Waals surface area contributed by atoms with Gasteiger partial charge >= 0.3 is 0 Å². The van der Waals surface area contributed by atoms with Gasteiger partial charge in [-0.2, -0.15) is 0 Å². The molecule has 6 rings (SSSR count). The average Bonchev–Trinajstić information content (AvgIpc) is 3.43. The third kappa shape index (κ3) is 3.22. The van der Waals surface area contributed by atoms with E-state index in [0.717, 1.165) is 16.6 Å². The van der Waals surface area contributed by atoms with Crippen molar-refractivity contribution in [3.05, 3.63) is 114 Å². The predicted molar refractivity (Wildman–Crippen MR) is 146 cm³/mol. The number of H-pyrrole nitrogens is 2. The molecule has 5 aromatic rings. The third-order valence-corrected chi connectivity index (χ3v) is 7.57. The van der Waals surface area contributed by atoms with Crippen LogP contribution in [0.1, 0.15) is 40.4 Å². The van der Waals surface area contributed by atoms with Crippen LogP contribution in [0.3, 0.4) is 0 Å². The minimum absolute atomic E-state index is 0.980. The number of nitrogens with one attached hydrogen (secondary N) is 2. The molecule has 168 valence electrons. The Kier molecular flexibility index (Phi) is 4.93. The number of halogens is 1.